The lowest BCUT2D eigenvalue weighted by atomic mass is 10.3. The largest absolute Gasteiger partial charge is 0.496 e. The van der Waals surface area contributed by atoms with Crippen molar-refractivity contribution in [2.75, 3.05) is 13.7 Å². The zero-order valence-corrected chi connectivity index (χ0v) is 12.0. The van der Waals surface area contributed by atoms with Crippen molar-refractivity contribution in [3.8, 4) is 5.75 Å². The van der Waals surface area contributed by atoms with Gasteiger partial charge in [0.2, 0.25) is 10.0 Å². The molecule has 1 aromatic rings. The molecule has 1 aromatic carbocycles. The highest BCUT2D eigenvalue weighted by Gasteiger charge is 2.18. The van der Waals surface area contributed by atoms with E-state index in [1.54, 1.807) is 13.0 Å². The van der Waals surface area contributed by atoms with Gasteiger partial charge in [-0.05, 0) is 35.0 Å². The van der Waals surface area contributed by atoms with Crippen molar-refractivity contribution in [2.24, 2.45) is 5.73 Å². The molecule has 0 bridgehead atoms. The van der Waals surface area contributed by atoms with Crippen molar-refractivity contribution in [3.63, 3.8) is 0 Å². The van der Waals surface area contributed by atoms with Crippen LogP contribution in [0, 0.1) is 0 Å². The quantitative estimate of drug-likeness (QED) is 0.850. The maximum Gasteiger partial charge on any atom is 0.240 e. The second kappa shape index (κ2) is 5.81. The Bertz CT molecular complexity index is 490. The molecule has 0 unspecified atom stereocenters. The van der Waals surface area contributed by atoms with Gasteiger partial charge in [-0.3, -0.25) is 0 Å². The minimum absolute atomic E-state index is 0.151. The van der Waals surface area contributed by atoms with E-state index in [1.165, 1.54) is 19.2 Å². The molecule has 17 heavy (non-hydrogen) atoms. The van der Waals surface area contributed by atoms with Gasteiger partial charge in [-0.15, -0.1) is 0 Å². The highest BCUT2D eigenvalue weighted by Crippen LogP contribution is 2.27. The van der Waals surface area contributed by atoms with E-state index in [-0.39, 0.29) is 17.5 Å². The highest BCUT2D eigenvalue weighted by atomic mass is 79.9. The molecule has 0 heterocycles. The van der Waals surface area contributed by atoms with Gasteiger partial charge in [0, 0.05) is 18.7 Å². The normalized spacial score (nSPS) is 13.4. The molecule has 0 amide bonds. The third kappa shape index (κ3) is 3.67. The summed E-state index contributed by atoms with van der Waals surface area (Å²) in [6.07, 6.45) is 0. The van der Waals surface area contributed by atoms with Crippen molar-refractivity contribution in [2.45, 2.75) is 17.9 Å². The lowest BCUT2D eigenvalue weighted by Crippen LogP contribution is -2.37. The summed E-state index contributed by atoms with van der Waals surface area (Å²) in [5.74, 6) is 0.466. The number of hydrogen-bond acceptors (Lipinski definition) is 4. The SMILES string of the molecule is COc1cc(S(=O)(=O)N[C@@H](C)CN)ccc1Br. The number of nitrogens with one attached hydrogen (secondary N) is 1. The maximum absolute atomic E-state index is 11.9. The van der Waals surface area contributed by atoms with Crippen LogP contribution in [0.4, 0.5) is 0 Å². The molecule has 0 saturated carbocycles. The summed E-state index contributed by atoms with van der Waals surface area (Å²) in [4.78, 5) is 0.151. The third-order valence-electron chi connectivity index (χ3n) is 2.14. The van der Waals surface area contributed by atoms with Gasteiger partial charge in [-0.1, -0.05) is 0 Å². The maximum atomic E-state index is 11.9. The van der Waals surface area contributed by atoms with Crippen LogP contribution in [0.3, 0.4) is 0 Å². The van der Waals surface area contributed by atoms with Crippen LogP contribution in [0.1, 0.15) is 6.92 Å². The first kappa shape index (κ1) is 14.4. The van der Waals surface area contributed by atoms with Crippen LogP contribution in [0.2, 0.25) is 0 Å². The smallest absolute Gasteiger partial charge is 0.240 e. The van der Waals surface area contributed by atoms with Crippen LogP contribution >= 0.6 is 15.9 Å². The van der Waals surface area contributed by atoms with Crippen LogP contribution in [-0.4, -0.2) is 28.1 Å². The number of ether oxygens (including phenoxy) is 1. The fourth-order valence-corrected chi connectivity index (χ4v) is 2.87. The van der Waals surface area contributed by atoms with Crippen molar-refractivity contribution < 1.29 is 13.2 Å². The summed E-state index contributed by atoms with van der Waals surface area (Å²) >= 11 is 3.26. The van der Waals surface area contributed by atoms with E-state index in [2.05, 4.69) is 20.7 Å². The number of hydrogen-bond donors (Lipinski definition) is 2. The molecule has 0 aliphatic rings. The molecular formula is C10H15BrN2O3S. The second-order valence-corrected chi connectivity index (χ2v) is 6.12. The Kier molecular flexibility index (Phi) is 4.93. The Hall–Kier alpha value is -0.630. The zero-order chi connectivity index (χ0) is 13.1. The molecule has 0 aliphatic heterocycles. The van der Waals surface area contributed by atoms with E-state index < -0.39 is 10.0 Å². The van der Waals surface area contributed by atoms with Crippen LogP contribution in [0.5, 0.6) is 5.75 Å². The molecule has 1 atom stereocenters. The number of benzene rings is 1. The summed E-state index contributed by atoms with van der Waals surface area (Å²) in [6.45, 7) is 1.94. The Morgan fingerprint density at radius 2 is 2.18 bits per heavy atom. The molecular weight excluding hydrogens is 308 g/mol. The first-order valence-electron chi connectivity index (χ1n) is 4.96. The van der Waals surface area contributed by atoms with E-state index in [4.69, 9.17) is 10.5 Å². The van der Waals surface area contributed by atoms with Gasteiger partial charge < -0.3 is 10.5 Å². The molecule has 1 rings (SSSR count). The molecule has 5 nitrogen and oxygen atoms in total. The zero-order valence-electron chi connectivity index (χ0n) is 9.60. The first-order chi connectivity index (χ1) is 7.90. The Balaban J connectivity index is 3.07. The van der Waals surface area contributed by atoms with Gasteiger partial charge in [0.1, 0.15) is 5.75 Å². The van der Waals surface area contributed by atoms with Gasteiger partial charge in [-0.25, -0.2) is 13.1 Å². The highest BCUT2D eigenvalue weighted by molar-refractivity contribution is 9.10. The molecule has 0 radical (unpaired) electrons. The molecule has 0 saturated heterocycles. The second-order valence-electron chi connectivity index (χ2n) is 3.55. The average molecular weight is 323 g/mol. The van der Waals surface area contributed by atoms with Gasteiger partial charge in [-0.2, -0.15) is 0 Å². The predicted molar refractivity (Wildman–Crippen MR) is 69.5 cm³/mol. The van der Waals surface area contributed by atoms with Gasteiger partial charge in [0.25, 0.3) is 0 Å². The molecule has 7 heteroatoms. The minimum atomic E-state index is -3.55. The van der Waals surface area contributed by atoms with Gasteiger partial charge in [0.05, 0.1) is 16.5 Å². The van der Waals surface area contributed by atoms with E-state index in [9.17, 15) is 8.42 Å². The Morgan fingerprint density at radius 1 is 1.53 bits per heavy atom. The summed E-state index contributed by atoms with van der Waals surface area (Å²) in [7, 11) is -2.07. The standard InChI is InChI=1S/C10H15BrN2O3S/c1-7(6-12)13-17(14,15)8-3-4-9(11)10(5-8)16-2/h3-5,7,13H,6,12H2,1-2H3/t7-/m0/s1. The summed E-state index contributed by atoms with van der Waals surface area (Å²) in [6, 6.07) is 4.27. The summed E-state index contributed by atoms with van der Waals surface area (Å²) in [5.41, 5.74) is 5.38. The number of nitrogens with two attached hydrogens (primary N) is 1. The molecule has 96 valence electrons. The first-order valence-corrected chi connectivity index (χ1v) is 7.24. The minimum Gasteiger partial charge on any atom is -0.496 e. The molecule has 0 fully saturated rings. The lowest BCUT2D eigenvalue weighted by molar-refractivity contribution is 0.410. The fourth-order valence-electron chi connectivity index (χ4n) is 1.19. The van der Waals surface area contributed by atoms with Gasteiger partial charge in [0.15, 0.2) is 0 Å². The van der Waals surface area contributed by atoms with Crippen molar-refractivity contribution >= 4 is 26.0 Å². The number of rotatable bonds is 5. The van der Waals surface area contributed by atoms with Crippen LogP contribution < -0.4 is 15.2 Å². The summed E-state index contributed by atoms with van der Waals surface area (Å²) < 4.78 is 32.1. The van der Waals surface area contributed by atoms with Crippen molar-refractivity contribution in [1.29, 1.82) is 0 Å². The predicted octanol–water partition coefficient (Wildman–Crippen LogP) is 1.08. The van der Waals surface area contributed by atoms with E-state index in [0.29, 0.717) is 10.2 Å². The van der Waals surface area contributed by atoms with E-state index in [0.717, 1.165) is 0 Å². The average Bonchev–Trinajstić information content (AvgIpc) is 2.28. The van der Waals surface area contributed by atoms with Crippen LogP contribution in [0.25, 0.3) is 0 Å². The van der Waals surface area contributed by atoms with E-state index >= 15 is 0 Å². The molecule has 0 aliphatic carbocycles. The topological polar surface area (TPSA) is 81.4 Å². The van der Waals surface area contributed by atoms with Gasteiger partial charge >= 0.3 is 0 Å². The Labute approximate surface area is 110 Å². The summed E-state index contributed by atoms with van der Waals surface area (Å²) in [5, 5.41) is 0. The number of halogens is 1. The number of sulfonamides is 1. The van der Waals surface area contributed by atoms with E-state index in [1.807, 2.05) is 0 Å². The van der Waals surface area contributed by atoms with Crippen molar-refractivity contribution in [1.82, 2.24) is 4.72 Å². The fraction of sp³-hybridized carbons (Fsp3) is 0.400. The lowest BCUT2D eigenvalue weighted by Gasteiger charge is -2.13. The molecule has 0 spiro atoms. The molecule has 0 aromatic heterocycles. The Morgan fingerprint density at radius 3 is 2.71 bits per heavy atom. The van der Waals surface area contributed by atoms with Crippen LogP contribution in [0.15, 0.2) is 27.6 Å². The molecule has 3 N–H and O–H groups in total. The van der Waals surface area contributed by atoms with Crippen LogP contribution in [-0.2, 0) is 10.0 Å². The number of methoxy groups -OCH3 is 1. The monoisotopic (exact) mass is 322 g/mol. The third-order valence-corrected chi connectivity index (χ3v) is 4.39. The van der Waals surface area contributed by atoms with Crippen molar-refractivity contribution in [3.05, 3.63) is 22.7 Å².